The van der Waals surface area contributed by atoms with Crippen molar-refractivity contribution in [1.29, 1.82) is 0 Å². The number of carbonyl (C=O) groups is 1. The van der Waals surface area contributed by atoms with Crippen molar-refractivity contribution in [2.45, 2.75) is 32.2 Å². The molecule has 1 aliphatic rings. The van der Waals surface area contributed by atoms with Crippen LogP contribution in [0.5, 0.6) is 0 Å². The molecule has 1 atom stereocenters. The number of fused-ring (bicyclic) bond motifs is 1. The van der Waals surface area contributed by atoms with Crippen molar-refractivity contribution < 1.29 is 4.79 Å². The van der Waals surface area contributed by atoms with Crippen LogP contribution in [0.15, 0.2) is 18.2 Å². The molecule has 1 amide bonds. The van der Waals surface area contributed by atoms with Gasteiger partial charge in [-0.2, -0.15) is 0 Å². The third-order valence-corrected chi connectivity index (χ3v) is 3.22. The highest BCUT2D eigenvalue weighted by molar-refractivity contribution is 5.91. The van der Waals surface area contributed by atoms with Crippen molar-refractivity contribution >= 4 is 17.3 Å². The van der Waals surface area contributed by atoms with Gasteiger partial charge in [0.05, 0.1) is 0 Å². The quantitative estimate of drug-likeness (QED) is 0.855. The van der Waals surface area contributed by atoms with Crippen LogP contribution in [0.2, 0.25) is 0 Å². The molecule has 3 N–H and O–H groups in total. The zero-order valence-corrected chi connectivity index (χ0v) is 11.1. The minimum atomic E-state index is -0.103. The number of benzene rings is 1. The maximum Gasteiger partial charge on any atom is 0.225 e. The Morgan fingerprint density at radius 3 is 3.06 bits per heavy atom. The van der Waals surface area contributed by atoms with Gasteiger partial charge in [0.2, 0.25) is 5.91 Å². The molecule has 0 saturated heterocycles. The molecule has 0 fully saturated rings. The van der Waals surface area contributed by atoms with E-state index in [1.165, 1.54) is 17.7 Å². The second-order valence-corrected chi connectivity index (χ2v) is 5.10. The molecule has 1 heterocycles. The van der Waals surface area contributed by atoms with Crippen LogP contribution in [0, 0.1) is 0 Å². The third kappa shape index (κ3) is 3.01. The topological polar surface area (TPSA) is 58.4 Å². The van der Waals surface area contributed by atoms with Gasteiger partial charge in [-0.3, -0.25) is 4.79 Å². The van der Waals surface area contributed by atoms with E-state index in [1.54, 1.807) is 0 Å². The summed E-state index contributed by atoms with van der Waals surface area (Å²) in [4.78, 5) is 13.9. The van der Waals surface area contributed by atoms with Gasteiger partial charge in [-0.05, 0) is 43.5 Å². The summed E-state index contributed by atoms with van der Waals surface area (Å²) in [5.41, 5.74) is 9.06. The van der Waals surface area contributed by atoms with Crippen LogP contribution in [-0.4, -0.2) is 25.5 Å². The Morgan fingerprint density at radius 1 is 1.56 bits per heavy atom. The lowest BCUT2D eigenvalue weighted by molar-refractivity contribution is -0.116. The Labute approximate surface area is 108 Å². The van der Waals surface area contributed by atoms with Gasteiger partial charge in [-0.15, -0.1) is 0 Å². The second-order valence-electron chi connectivity index (χ2n) is 5.10. The van der Waals surface area contributed by atoms with Crippen LogP contribution in [0.25, 0.3) is 0 Å². The van der Waals surface area contributed by atoms with Crippen molar-refractivity contribution in [2.75, 3.05) is 23.8 Å². The van der Waals surface area contributed by atoms with Gasteiger partial charge in [-0.25, -0.2) is 0 Å². The summed E-state index contributed by atoms with van der Waals surface area (Å²) in [7, 11) is 2.10. The SMILES string of the molecule is CC(N)CC(=O)Nc1ccc2c(c1)CCCN2C. The largest absolute Gasteiger partial charge is 0.374 e. The lowest BCUT2D eigenvalue weighted by Gasteiger charge is -2.27. The Hall–Kier alpha value is -1.55. The molecule has 0 saturated carbocycles. The van der Waals surface area contributed by atoms with Crippen LogP contribution in [0.3, 0.4) is 0 Å². The Morgan fingerprint density at radius 2 is 2.33 bits per heavy atom. The van der Waals surface area contributed by atoms with Gasteiger partial charge in [0.15, 0.2) is 0 Å². The molecule has 4 heteroatoms. The van der Waals surface area contributed by atoms with E-state index < -0.39 is 0 Å². The van der Waals surface area contributed by atoms with E-state index in [9.17, 15) is 4.79 Å². The summed E-state index contributed by atoms with van der Waals surface area (Å²) >= 11 is 0. The summed E-state index contributed by atoms with van der Waals surface area (Å²) in [5.74, 6) is -0.0193. The number of carbonyl (C=O) groups excluding carboxylic acids is 1. The lowest BCUT2D eigenvalue weighted by Crippen LogP contribution is -2.25. The van der Waals surface area contributed by atoms with E-state index >= 15 is 0 Å². The van der Waals surface area contributed by atoms with Crippen LogP contribution in [-0.2, 0) is 11.2 Å². The van der Waals surface area contributed by atoms with E-state index in [0.29, 0.717) is 6.42 Å². The number of amides is 1. The second kappa shape index (κ2) is 5.40. The molecule has 0 spiro atoms. The van der Waals surface area contributed by atoms with Gasteiger partial charge < -0.3 is 16.0 Å². The maximum atomic E-state index is 11.7. The standard InChI is InChI=1S/C14H21N3O/c1-10(15)8-14(18)16-12-5-6-13-11(9-12)4-3-7-17(13)2/h5-6,9-10H,3-4,7-8,15H2,1-2H3,(H,16,18). The fraction of sp³-hybridized carbons (Fsp3) is 0.500. The van der Waals surface area contributed by atoms with Gasteiger partial charge in [0.1, 0.15) is 0 Å². The molecule has 1 aliphatic heterocycles. The monoisotopic (exact) mass is 247 g/mol. The molecule has 1 aromatic rings. The molecule has 4 nitrogen and oxygen atoms in total. The van der Waals surface area contributed by atoms with E-state index in [4.69, 9.17) is 5.73 Å². The van der Waals surface area contributed by atoms with Gasteiger partial charge in [0, 0.05) is 37.4 Å². The molecule has 98 valence electrons. The van der Waals surface area contributed by atoms with E-state index in [2.05, 4.69) is 29.4 Å². The number of hydrogen-bond acceptors (Lipinski definition) is 3. The van der Waals surface area contributed by atoms with Crippen molar-refractivity contribution in [3.63, 3.8) is 0 Å². The average Bonchev–Trinajstić information content (AvgIpc) is 2.27. The highest BCUT2D eigenvalue weighted by Crippen LogP contribution is 2.28. The molecule has 0 aromatic heterocycles. The van der Waals surface area contributed by atoms with Crippen molar-refractivity contribution in [3.8, 4) is 0 Å². The van der Waals surface area contributed by atoms with Crippen LogP contribution in [0.1, 0.15) is 25.3 Å². The summed E-state index contributed by atoms with van der Waals surface area (Å²) in [5, 5.41) is 2.90. The number of rotatable bonds is 3. The minimum absolute atomic E-state index is 0.0193. The number of nitrogens with two attached hydrogens (primary N) is 1. The van der Waals surface area contributed by atoms with Crippen molar-refractivity contribution in [3.05, 3.63) is 23.8 Å². The molecule has 0 aliphatic carbocycles. The zero-order valence-electron chi connectivity index (χ0n) is 11.1. The summed E-state index contributed by atoms with van der Waals surface area (Å²) < 4.78 is 0. The smallest absolute Gasteiger partial charge is 0.225 e. The van der Waals surface area contributed by atoms with Gasteiger partial charge in [0.25, 0.3) is 0 Å². The molecule has 0 radical (unpaired) electrons. The number of hydrogen-bond donors (Lipinski definition) is 2. The molecular weight excluding hydrogens is 226 g/mol. The lowest BCUT2D eigenvalue weighted by atomic mass is 10.0. The molecule has 0 bridgehead atoms. The third-order valence-electron chi connectivity index (χ3n) is 3.22. The number of nitrogens with zero attached hydrogens (tertiary/aromatic N) is 1. The van der Waals surface area contributed by atoms with E-state index in [1.807, 2.05) is 13.0 Å². The summed E-state index contributed by atoms with van der Waals surface area (Å²) in [6.45, 7) is 2.94. The van der Waals surface area contributed by atoms with E-state index in [0.717, 1.165) is 18.7 Å². The molecule has 1 aromatic carbocycles. The Bertz CT molecular complexity index is 443. The fourth-order valence-corrected chi connectivity index (χ4v) is 2.37. The summed E-state index contributed by atoms with van der Waals surface area (Å²) in [6, 6.07) is 6.01. The first-order valence-electron chi connectivity index (χ1n) is 6.46. The minimum Gasteiger partial charge on any atom is -0.374 e. The predicted molar refractivity (Wildman–Crippen MR) is 74.9 cm³/mol. The van der Waals surface area contributed by atoms with Crippen LogP contribution >= 0.6 is 0 Å². The maximum absolute atomic E-state index is 11.7. The highest BCUT2D eigenvalue weighted by Gasteiger charge is 2.14. The van der Waals surface area contributed by atoms with Crippen molar-refractivity contribution in [2.24, 2.45) is 5.73 Å². The first-order valence-corrected chi connectivity index (χ1v) is 6.46. The summed E-state index contributed by atoms with van der Waals surface area (Å²) in [6.07, 6.45) is 2.61. The average molecular weight is 247 g/mol. The van der Waals surface area contributed by atoms with Crippen molar-refractivity contribution in [1.82, 2.24) is 0 Å². The molecule has 18 heavy (non-hydrogen) atoms. The number of nitrogens with one attached hydrogen (secondary N) is 1. The van der Waals surface area contributed by atoms with Crippen LogP contribution in [0.4, 0.5) is 11.4 Å². The van der Waals surface area contributed by atoms with Crippen LogP contribution < -0.4 is 16.0 Å². The molecular formula is C14H21N3O. The zero-order chi connectivity index (χ0) is 13.1. The molecule has 2 rings (SSSR count). The number of anilines is 2. The predicted octanol–water partition coefficient (Wildman–Crippen LogP) is 1.74. The molecule has 1 unspecified atom stereocenters. The first kappa shape index (κ1) is 12.9. The Kier molecular flexibility index (Phi) is 3.87. The van der Waals surface area contributed by atoms with Gasteiger partial charge >= 0.3 is 0 Å². The number of aryl methyl sites for hydroxylation is 1. The normalized spacial score (nSPS) is 16.1. The van der Waals surface area contributed by atoms with E-state index in [-0.39, 0.29) is 11.9 Å². The Balaban J connectivity index is 2.09. The highest BCUT2D eigenvalue weighted by atomic mass is 16.1. The fourth-order valence-electron chi connectivity index (χ4n) is 2.37. The first-order chi connectivity index (χ1) is 8.56. The van der Waals surface area contributed by atoms with Gasteiger partial charge in [-0.1, -0.05) is 0 Å².